The van der Waals surface area contributed by atoms with E-state index in [4.69, 9.17) is 5.11 Å². The Morgan fingerprint density at radius 3 is 2.67 bits per heavy atom. The molecule has 0 radical (unpaired) electrons. The molecule has 0 saturated heterocycles. The lowest BCUT2D eigenvalue weighted by Crippen LogP contribution is -2.12. The third-order valence-electron chi connectivity index (χ3n) is 2.43. The van der Waals surface area contributed by atoms with E-state index in [2.05, 4.69) is 4.74 Å². The van der Waals surface area contributed by atoms with Gasteiger partial charge < -0.3 is 14.9 Å². The van der Waals surface area contributed by atoms with Gasteiger partial charge in [0.15, 0.2) is 6.10 Å². The zero-order chi connectivity index (χ0) is 13.7. The van der Waals surface area contributed by atoms with Gasteiger partial charge in [-0.2, -0.15) is 0 Å². The van der Waals surface area contributed by atoms with Gasteiger partial charge in [0.25, 0.3) is 0 Å². The van der Waals surface area contributed by atoms with E-state index in [0.29, 0.717) is 5.56 Å². The number of hydrogen-bond donors (Lipinski definition) is 2. The average Bonchev–Trinajstić information content (AvgIpc) is 2.36. The Morgan fingerprint density at radius 1 is 1.44 bits per heavy atom. The molecule has 0 aromatic heterocycles. The Balaban J connectivity index is 2.87. The number of methoxy groups -OCH3 is 1. The molecule has 0 heterocycles. The van der Waals surface area contributed by atoms with Crippen LogP contribution in [0.3, 0.4) is 0 Å². The molecule has 0 bridgehead atoms. The van der Waals surface area contributed by atoms with Crippen LogP contribution >= 0.6 is 0 Å². The number of aliphatic hydroxyl groups is 1. The molecule has 0 aliphatic heterocycles. The van der Waals surface area contributed by atoms with Gasteiger partial charge in [-0.1, -0.05) is 6.07 Å². The zero-order valence-electron chi connectivity index (χ0n) is 9.72. The molecule has 0 spiro atoms. The van der Waals surface area contributed by atoms with Crippen LogP contribution in [0.1, 0.15) is 23.7 Å². The number of carbonyl (C=O) groups is 2. The number of aliphatic hydroxyl groups excluding tert-OH is 1. The molecule has 98 valence electrons. The molecule has 0 amide bonds. The highest BCUT2D eigenvalue weighted by Crippen LogP contribution is 2.19. The summed E-state index contributed by atoms with van der Waals surface area (Å²) >= 11 is 0. The number of halogens is 1. The van der Waals surface area contributed by atoms with Crippen LogP contribution in [0.15, 0.2) is 18.2 Å². The molecule has 0 saturated carbocycles. The highest BCUT2D eigenvalue weighted by atomic mass is 19.1. The second kappa shape index (κ2) is 6.11. The van der Waals surface area contributed by atoms with Gasteiger partial charge in [-0.15, -0.1) is 0 Å². The molecule has 1 rings (SSSR count). The number of aliphatic carboxylic acids is 1. The van der Waals surface area contributed by atoms with Gasteiger partial charge in [0.1, 0.15) is 5.82 Å². The molecule has 0 aliphatic rings. The van der Waals surface area contributed by atoms with E-state index in [-0.39, 0.29) is 18.4 Å². The van der Waals surface area contributed by atoms with Gasteiger partial charge >= 0.3 is 11.9 Å². The van der Waals surface area contributed by atoms with Crippen molar-refractivity contribution < 1.29 is 28.9 Å². The van der Waals surface area contributed by atoms with Crippen molar-refractivity contribution in [3.05, 3.63) is 35.1 Å². The number of rotatable bonds is 5. The highest BCUT2D eigenvalue weighted by molar-refractivity contribution is 5.74. The fourth-order valence-electron chi connectivity index (χ4n) is 1.44. The number of esters is 1. The number of benzene rings is 1. The molecule has 1 aromatic carbocycles. The van der Waals surface area contributed by atoms with Gasteiger partial charge in [0.05, 0.1) is 7.11 Å². The summed E-state index contributed by atoms with van der Waals surface area (Å²) in [5.41, 5.74) is 0.238. The molecule has 1 unspecified atom stereocenters. The van der Waals surface area contributed by atoms with E-state index in [0.717, 1.165) is 6.07 Å². The maximum Gasteiger partial charge on any atom is 0.337 e. The van der Waals surface area contributed by atoms with E-state index >= 15 is 0 Å². The van der Waals surface area contributed by atoms with Crippen LogP contribution in [0.2, 0.25) is 0 Å². The summed E-state index contributed by atoms with van der Waals surface area (Å²) in [4.78, 5) is 21.5. The first-order valence-corrected chi connectivity index (χ1v) is 5.21. The molecule has 0 fully saturated rings. The van der Waals surface area contributed by atoms with Crippen molar-refractivity contribution in [2.45, 2.75) is 18.9 Å². The minimum Gasteiger partial charge on any atom is -0.479 e. The fraction of sp³-hybridized carbons (Fsp3) is 0.333. The maximum absolute atomic E-state index is 13.3. The van der Waals surface area contributed by atoms with Crippen molar-refractivity contribution in [3.8, 4) is 0 Å². The van der Waals surface area contributed by atoms with Gasteiger partial charge in [-0.25, -0.2) is 9.18 Å². The van der Waals surface area contributed by atoms with Gasteiger partial charge in [0, 0.05) is 12.0 Å². The second-order valence-corrected chi connectivity index (χ2v) is 3.67. The highest BCUT2D eigenvalue weighted by Gasteiger charge is 2.20. The predicted molar refractivity (Wildman–Crippen MR) is 59.3 cm³/mol. The third kappa shape index (κ3) is 3.53. The Bertz CT molecular complexity index is 458. The van der Waals surface area contributed by atoms with Crippen LogP contribution in [-0.2, 0) is 20.7 Å². The number of carboxylic acid groups (broad SMARTS) is 1. The van der Waals surface area contributed by atoms with Gasteiger partial charge in [-0.3, -0.25) is 4.79 Å². The standard InChI is InChI=1S/C12H13FO5/c1-18-10(14)5-3-7-2-4-9(13)8(6-7)11(15)12(16)17/h2,4,6,11,15H,3,5H2,1H3,(H,16,17). The lowest BCUT2D eigenvalue weighted by molar-refractivity contribution is -0.147. The Labute approximate surface area is 103 Å². The van der Waals surface area contributed by atoms with Gasteiger partial charge in [0.2, 0.25) is 0 Å². The second-order valence-electron chi connectivity index (χ2n) is 3.67. The summed E-state index contributed by atoms with van der Waals surface area (Å²) in [5, 5.41) is 17.9. The van der Waals surface area contributed by atoms with Crippen LogP contribution in [0.4, 0.5) is 4.39 Å². The van der Waals surface area contributed by atoms with Crippen molar-refractivity contribution in [2.24, 2.45) is 0 Å². The molecule has 6 heteroatoms. The predicted octanol–water partition coefficient (Wildman–Crippen LogP) is 1.05. The van der Waals surface area contributed by atoms with Crippen molar-refractivity contribution >= 4 is 11.9 Å². The molecule has 5 nitrogen and oxygen atoms in total. The van der Waals surface area contributed by atoms with Crippen LogP contribution in [0.5, 0.6) is 0 Å². The fourth-order valence-corrected chi connectivity index (χ4v) is 1.44. The monoisotopic (exact) mass is 256 g/mol. The summed E-state index contributed by atoms with van der Waals surface area (Å²) in [7, 11) is 1.26. The largest absolute Gasteiger partial charge is 0.479 e. The van der Waals surface area contributed by atoms with E-state index in [1.54, 1.807) is 0 Å². The molecule has 1 atom stereocenters. The molecule has 0 aliphatic carbocycles. The molecule has 1 aromatic rings. The first-order valence-electron chi connectivity index (χ1n) is 5.21. The van der Waals surface area contributed by atoms with Crippen LogP contribution in [0, 0.1) is 5.82 Å². The number of aryl methyl sites for hydroxylation is 1. The van der Waals surface area contributed by atoms with Crippen molar-refractivity contribution in [2.75, 3.05) is 7.11 Å². The summed E-state index contributed by atoms with van der Waals surface area (Å²) < 4.78 is 17.8. The van der Waals surface area contributed by atoms with Crippen molar-refractivity contribution in [1.82, 2.24) is 0 Å². The third-order valence-corrected chi connectivity index (χ3v) is 2.43. The number of carbonyl (C=O) groups excluding carboxylic acids is 1. The lowest BCUT2D eigenvalue weighted by atomic mass is 10.0. The molecule has 2 N–H and O–H groups in total. The summed E-state index contributed by atoms with van der Waals surface area (Å²) in [5.74, 6) is -2.75. The van der Waals surface area contributed by atoms with Gasteiger partial charge in [-0.05, 0) is 24.1 Å². The van der Waals surface area contributed by atoms with Crippen LogP contribution in [-0.4, -0.2) is 29.3 Å². The maximum atomic E-state index is 13.3. The summed E-state index contributed by atoms with van der Waals surface area (Å²) in [6.45, 7) is 0. The first kappa shape index (κ1) is 14.1. The normalized spacial score (nSPS) is 11.9. The summed E-state index contributed by atoms with van der Waals surface area (Å²) in [6.07, 6.45) is -1.53. The van der Waals surface area contributed by atoms with E-state index in [9.17, 15) is 19.1 Å². The Hall–Kier alpha value is -1.95. The quantitative estimate of drug-likeness (QED) is 0.769. The lowest BCUT2D eigenvalue weighted by Gasteiger charge is -2.09. The number of ether oxygens (including phenoxy) is 1. The first-order chi connectivity index (χ1) is 8.45. The number of hydrogen-bond acceptors (Lipinski definition) is 4. The number of carboxylic acids is 1. The van der Waals surface area contributed by atoms with Crippen LogP contribution < -0.4 is 0 Å². The topological polar surface area (TPSA) is 83.8 Å². The minimum absolute atomic E-state index is 0.102. The van der Waals surface area contributed by atoms with E-state index < -0.39 is 23.9 Å². The molecular formula is C12H13FO5. The summed E-state index contributed by atoms with van der Waals surface area (Å²) in [6, 6.07) is 3.72. The van der Waals surface area contributed by atoms with E-state index in [1.807, 2.05) is 0 Å². The Kier molecular flexibility index (Phi) is 4.79. The Morgan fingerprint density at radius 2 is 2.11 bits per heavy atom. The SMILES string of the molecule is COC(=O)CCc1ccc(F)c(C(O)C(=O)O)c1. The molecule has 18 heavy (non-hydrogen) atoms. The van der Waals surface area contributed by atoms with Crippen molar-refractivity contribution in [1.29, 1.82) is 0 Å². The van der Waals surface area contributed by atoms with E-state index in [1.165, 1.54) is 19.2 Å². The van der Waals surface area contributed by atoms with Crippen molar-refractivity contribution in [3.63, 3.8) is 0 Å². The smallest absolute Gasteiger partial charge is 0.337 e. The van der Waals surface area contributed by atoms with Crippen LogP contribution in [0.25, 0.3) is 0 Å². The minimum atomic E-state index is -1.91. The zero-order valence-corrected chi connectivity index (χ0v) is 9.72. The molecular weight excluding hydrogens is 243 g/mol. The average molecular weight is 256 g/mol.